The molecule has 0 aliphatic carbocycles. The highest BCUT2D eigenvalue weighted by Gasteiger charge is 2.17. The Morgan fingerprint density at radius 2 is 2.05 bits per heavy atom. The molecule has 0 aliphatic heterocycles. The highest BCUT2D eigenvalue weighted by atomic mass is 32.2. The Bertz CT molecular complexity index is 704. The zero-order chi connectivity index (χ0) is 15.5. The van der Waals surface area contributed by atoms with Crippen LogP contribution in [0.5, 0.6) is 0 Å². The van der Waals surface area contributed by atoms with E-state index in [1.165, 1.54) is 12.4 Å². The number of nitrogens with zero attached hydrogens (tertiary/aromatic N) is 3. The smallest absolute Gasteiger partial charge is 0.266 e. The van der Waals surface area contributed by atoms with E-state index in [4.69, 9.17) is 0 Å². The first-order valence-corrected chi connectivity index (χ1v) is 8.04. The average molecular weight is 309 g/mol. The van der Waals surface area contributed by atoms with Crippen LogP contribution in [0.3, 0.4) is 0 Å². The summed E-state index contributed by atoms with van der Waals surface area (Å²) < 4.78 is 28.6. The summed E-state index contributed by atoms with van der Waals surface area (Å²) >= 11 is 0. The average Bonchev–Trinajstić information content (AvgIpc) is 2.84. The van der Waals surface area contributed by atoms with Crippen molar-refractivity contribution in [3.8, 4) is 0 Å². The number of sulfonamides is 1. The van der Waals surface area contributed by atoms with Gasteiger partial charge in [-0.3, -0.25) is 9.40 Å². The van der Waals surface area contributed by atoms with Crippen LogP contribution >= 0.6 is 0 Å². The van der Waals surface area contributed by atoms with Gasteiger partial charge in [0.2, 0.25) is 0 Å². The zero-order valence-electron chi connectivity index (χ0n) is 12.3. The van der Waals surface area contributed by atoms with Crippen LogP contribution in [0.4, 0.5) is 5.82 Å². The Balaban J connectivity index is 2.19. The predicted molar refractivity (Wildman–Crippen MR) is 80.7 cm³/mol. The highest BCUT2D eigenvalue weighted by Crippen LogP contribution is 2.15. The first kappa shape index (κ1) is 15.5. The van der Waals surface area contributed by atoms with E-state index in [0.29, 0.717) is 18.9 Å². The molecule has 0 aromatic carbocycles. The quantitative estimate of drug-likeness (QED) is 0.828. The van der Waals surface area contributed by atoms with E-state index in [1.54, 1.807) is 10.7 Å². The van der Waals surface area contributed by atoms with Gasteiger partial charge in [0.05, 0.1) is 12.7 Å². The molecule has 0 fully saturated rings. The van der Waals surface area contributed by atoms with Crippen molar-refractivity contribution in [3.63, 3.8) is 0 Å². The minimum atomic E-state index is -3.67. The predicted octanol–water partition coefficient (Wildman–Crippen LogP) is 0.915. The van der Waals surface area contributed by atoms with Gasteiger partial charge >= 0.3 is 0 Å². The molecule has 0 unspecified atom stereocenters. The number of anilines is 1. The fourth-order valence-electron chi connectivity index (χ4n) is 1.92. The van der Waals surface area contributed by atoms with Crippen LogP contribution in [-0.4, -0.2) is 36.8 Å². The van der Waals surface area contributed by atoms with E-state index in [1.807, 2.05) is 27.0 Å². The zero-order valence-corrected chi connectivity index (χ0v) is 13.1. The number of rotatable bonds is 6. The number of aromatic nitrogens is 3. The van der Waals surface area contributed by atoms with Crippen molar-refractivity contribution < 1.29 is 8.42 Å². The van der Waals surface area contributed by atoms with Gasteiger partial charge in [-0.05, 0) is 38.6 Å². The molecule has 0 aliphatic rings. The molecule has 0 bridgehead atoms. The number of likely N-dealkylation sites (N-methyl/N-ethyl adjacent to an activating group) is 1. The van der Waals surface area contributed by atoms with Gasteiger partial charge in [0.15, 0.2) is 0 Å². The second-order valence-corrected chi connectivity index (χ2v) is 6.50. The van der Waals surface area contributed by atoms with Gasteiger partial charge in [-0.15, -0.1) is 0 Å². The molecule has 2 N–H and O–H groups in total. The minimum Gasteiger partial charge on any atom is -0.318 e. The monoisotopic (exact) mass is 309 g/mol. The topological polar surface area (TPSA) is 88.9 Å². The lowest BCUT2D eigenvalue weighted by atomic mass is 10.2. The molecule has 2 aromatic heterocycles. The second kappa shape index (κ2) is 6.23. The molecule has 0 amide bonds. The molecule has 21 heavy (non-hydrogen) atoms. The highest BCUT2D eigenvalue weighted by molar-refractivity contribution is 7.92. The summed E-state index contributed by atoms with van der Waals surface area (Å²) in [7, 11) is -1.84. The summed E-state index contributed by atoms with van der Waals surface area (Å²) in [6.07, 6.45) is 2.84. The van der Waals surface area contributed by atoms with Crippen LogP contribution in [0.2, 0.25) is 0 Å². The van der Waals surface area contributed by atoms with Crippen LogP contribution in [0.25, 0.3) is 0 Å². The van der Waals surface area contributed by atoms with Crippen LogP contribution in [0.1, 0.15) is 11.3 Å². The minimum absolute atomic E-state index is 0.125. The summed E-state index contributed by atoms with van der Waals surface area (Å²) in [6.45, 7) is 5.03. The van der Waals surface area contributed by atoms with Crippen LogP contribution in [-0.2, 0) is 16.6 Å². The summed E-state index contributed by atoms with van der Waals surface area (Å²) in [5.74, 6) is 0.315. The fraction of sp³-hybridized carbons (Fsp3) is 0.385. The number of pyridine rings is 1. The van der Waals surface area contributed by atoms with Gasteiger partial charge < -0.3 is 5.32 Å². The Labute approximate surface area is 124 Å². The molecule has 7 nitrogen and oxygen atoms in total. The molecule has 2 heterocycles. The summed E-state index contributed by atoms with van der Waals surface area (Å²) in [5.41, 5.74) is 1.71. The second-order valence-electron chi connectivity index (χ2n) is 4.82. The fourth-order valence-corrected chi connectivity index (χ4v) is 2.87. The molecule has 0 spiro atoms. The standard InChI is InChI=1S/C13H19N5O2S/c1-10-6-11(2)16-13(7-10)17-21(19,20)12-8-15-18(9-12)5-4-14-3/h6-9,14H,4-5H2,1-3H3,(H,16,17). The molecule has 0 saturated carbocycles. The van der Waals surface area contributed by atoms with Crippen LogP contribution in [0, 0.1) is 13.8 Å². The van der Waals surface area contributed by atoms with E-state index < -0.39 is 10.0 Å². The van der Waals surface area contributed by atoms with Crippen LogP contribution in [0.15, 0.2) is 29.4 Å². The summed E-state index contributed by atoms with van der Waals surface area (Å²) in [6, 6.07) is 3.57. The Hall–Kier alpha value is -1.93. The van der Waals surface area contributed by atoms with Crippen molar-refractivity contribution in [1.82, 2.24) is 20.1 Å². The third-order valence-electron chi connectivity index (χ3n) is 2.85. The molecule has 114 valence electrons. The summed E-state index contributed by atoms with van der Waals surface area (Å²) in [4.78, 5) is 4.30. The molecule has 8 heteroatoms. The lowest BCUT2D eigenvalue weighted by molar-refractivity contribution is 0.582. The van der Waals surface area contributed by atoms with Crippen molar-refractivity contribution in [3.05, 3.63) is 35.8 Å². The van der Waals surface area contributed by atoms with E-state index in [0.717, 1.165) is 11.3 Å². The molecule has 0 saturated heterocycles. The maximum atomic E-state index is 12.3. The molecule has 2 aromatic rings. The number of aryl methyl sites for hydroxylation is 2. The van der Waals surface area contributed by atoms with Gasteiger partial charge in [0.25, 0.3) is 10.0 Å². The van der Waals surface area contributed by atoms with Gasteiger partial charge in [0, 0.05) is 18.4 Å². The maximum absolute atomic E-state index is 12.3. The SMILES string of the molecule is CNCCn1cc(S(=O)(=O)Nc2cc(C)cc(C)n2)cn1. The first-order valence-electron chi connectivity index (χ1n) is 6.56. The number of nitrogens with one attached hydrogen (secondary N) is 2. The van der Waals surface area contributed by atoms with Crippen molar-refractivity contribution in [2.45, 2.75) is 25.3 Å². The largest absolute Gasteiger partial charge is 0.318 e. The van der Waals surface area contributed by atoms with Gasteiger partial charge in [-0.2, -0.15) is 5.10 Å². The van der Waals surface area contributed by atoms with Gasteiger partial charge in [-0.25, -0.2) is 13.4 Å². The molecular weight excluding hydrogens is 290 g/mol. The van der Waals surface area contributed by atoms with Gasteiger partial charge in [-0.1, -0.05) is 0 Å². The normalized spacial score (nSPS) is 11.6. The van der Waals surface area contributed by atoms with E-state index >= 15 is 0 Å². The van der Waals surface area contributed by atoms with E-state index in [9.17, 15) is 8.42 Å². The van der Waals surface area contributed by atoms with Crippen molar-refractivity contribution in [2.75, 3.05) is 18.3 Å². The Kier molecular flexibility index (Phi) is 4.59. The summed E-state index contributed by atoms with van der Waals surface area (Å²) in [5, 5.41) is 7.01. The van der Waals surface area contributed by atoms with Crippen molar-refractivity contribution >= 4 is 15.8 Å². The number of hydrogen-bond acceptors (Lipinski definition) is 5. The first-order chi connectivity index (χ1) is 9.90. The third kappa shape index (κ3) is 4.02. The van der Waals surface area contributed by atoms with E-state index in [2.05, 4.69) is 20.1 Å². The lowest BCUT2D eigenvalue weighted by Crippen LogP contribution is -2.16. The Morgan fingerprint density at radius 1 is 1.29 bits per heavy atom. The molecule has 2 rings (SSSR count). The van der Waals surface area contributed by atoms with Crippen LogP contribution < -0.4 is 10.0 Å². The molecule has 0 atom stereocenters. The van der Waals surface area contributed by atoms with Crippen molar-refractivity contribution in [1.29, 1.82) is 0 Å². The Morgan fingerprint density at radius 3 is 2.71 bits per heavy atom. The lowest BCUT2D eigenvalue weighted by Gasteiger charge is -2.07. The van der Waals surface area contributed by atoms with Crippen molar-refractivity contribution in [2.24, 2.45) is 0 Å². The number of hydrogen-bond donors (Lipinski definition) is 2. The van der Waals surface area contributed by atoms with Gasteiger partial charge in [0.1, 0.15) is 10.7 Å². The van der Waals surface area contributed by atoms with E-state index in [-0.39, 0.29) is 4.90 Å². The maximum Gasteiger partial charge on any atom is 0.266 e. The third-order valence-corrected chi connectivity index (χ3v) is 4.16. The molecular formula is C13H19N5O2S. The molecule has 0 radical (unpaired) electrons.